The molecule has 9 heteroatoms. The lowest BCUT2D eigenvalue weighted by Gasteiger charge is -2.16. The van der Waals surface area contributed by atoms with Gasteiger partial charge in [0.1, 0.15) is 11.5 Å². The molecule has 0 unspecified atom stereocenters. The highest BCUT2D eigenvalue weighted by atomic mass is 32.2. The van der Waals surface area contributed by atoms with Crippen LogP contribution in [0.25, 0.3) is 0 Å². The first-order valence-electron chi connectivity index (χ1n) is 6.22. The van der Waals surface area contributed by atoms with Crippen LogP contribution < -0.4 is 0 Å². The summed E-state index contributed by atoms with van der Waals surface area (Å²) in [4.78, 5) is 0. The molecule has 0 aliphatic heterocycles. The van der Waals surface area contributed by atoms with Crippen molar-refractivity contribution in [1.82, 2.24) is 0 Å². The van der Waals surface area contributed by atoms with E-state index in [0.29, 0.717) is 22.7 Å². The molecule has 0 rings (SSSR count). The molecule has 0 aromatic carbocycles. The average molecular weight is 342 g/mol. The number of hydrogen-bond acceptors (Lipinski definition) is 5. The van der Waals surface area contributed by atoms with E-state index in [0.717, 1.165) is 0 Å². The fourth-order valence-electron chi connectivity index (χ4n) is 1.40. The van der Waals surface area contributed by atoms with Crippen LogP contribution in [0.2, 0.25) is 0 Å². The lowest BCUT2D eigenvalue weighted by Crippen LogP contribution is -2.10. The summed E-state index contributed by atoms with van der Waals surface area (Å²) in [5.41, 5.74) is 1.42. The predicted octanol–water partition coefficient (Wildman–Crippen LogP) is 2.15. The van der Waals surface area contributed by atoms with Crippen LogP contribution >= 0.6 is 0 Å². The summed E-state index contributed by atoms with van der Waals surface area (Å²) in [6.07, 6.45) is -0.0480. The first-order valence-corrected chi connectivity index (χ1v) is 9.44. The lowest BCUT2D eigenvalue weighted by atomic mass is 10.2. The van der Waals surface area contributed by atoms with E-state index in [9.17, 15) is 16.8 Å². The summed E-state index contributed by atoms with van der Waals surface area (Å²) in [6.45, 7) is 6.85. The van der Waals surface area contributed by atoms with Crippen molar-refractivity contribution in [2.75, 3.05) is 11.5 Å². The van der Waals surface area contributed by atoms with Crippen molar-refractivity contribution in [3.63, 3.8) is 0 Å². The van der Waals surface area contributed by atoms with Gasteiger partial charge in [-0.25, -0.2) is 0 Å². The Bertz CT molecular complexity index is 561. The highest BCUT2D eigenvalue weighted by molar-refractivity contribution is 7.86. The van der Waals surface area contributed by atoms with Gasteiger partial charge < -0.3 is 4.74 Å². The third-order valence-electron chi connectivity index (χ3n) is 2.54. The van der Waals surface area contributed by atoms with Gasteiger partial charge in [0.2, 0.25) is 0 Å². The predicted molar refractivity (Wildman–Crippen MR) is 79.9 cm³/mol. The van der Waals surface area contributed by atoms with Crippen LogP contribution in [-0.2, 0) is 25.0 Å². The van der Waals surface area contributed by atoms with E-state index >= 15 is 0 Å². The van der Waals surface area contributed by atoms with E-state index < -0.39 is 31.7 Å². The lowest BCUT2D eigenvalue weighted by molar-refractivity contribution is 0.273. The Balaban J connectivity index is 5.05. The zero-order valence-electron chi connectivity index (χ0n) is 12.6. The van der Waals surface area contributed by atoms with Crippen LogP contribution in [0.5, 0.6) is 0 Å². The van der Waals surface area contributed by atoms with Gasteiger partial charge in [0.05, 0.1) is 11.5 Å². The zero-order valence-corrected chi connectivity index (χ0v) is 14.2. The van der Waals surface area contributed by atoms with Crippen LogP contribution in [0.1, 0.15) is 40.5 Å². The average Bonchev–Trinajstić information content (AvgIpc) is 2.24. The Kier molecular flexibility index (Phi) is 7.58. The standard InChI is InChI=1S/C12H22O7S2/c1-9(2)11(5-7-20(13,14)15)19-12(10(3)4)6-8-21(16,17)18/h5-8H2,1-4H3,(H,13,14,15)(H,16,17,18). The maximum Gasteiger partial charge on any atom is 0.265 e. The minimum Gasteiger partial charge on any atom is -0.466 e. The molecule has 2 N–H and O–H groups in total. The van der Waals surface area contributed by atoms with Gasteiger partial charge in [-0.05, 0) is 38.8 Å². The largest absolute Gasteiger partial charge is 0.466 e. The molecule has 0 aliphatic carbocycles. The van der Waals surface area contributed by atoms with Crippen molar-refractivity contribution in [1.29, 1.82) is 0 Å². The molecule has 0 saturated heterocycles. The summed E-state index contributed by atoms with van der Waals surface area (Å²) < 4.78 is 66.3. The second-order valence-corrected chi connectivity index (χ2v) is 8.16. The van der Waals surface area contributed by atoms with E-state index in [-0.39, 0.29) is 12.8 Å². The second-order valence-electron chi connectivity index (χ2n) is 5.02. The Hall–Kier alpha value is -0.900. The molecule has 0 fully saturated rings. The third kappa shape index (κ3) is 10.5. The van der Waals surface area contributed by atoms with Gasteiger partial charge in [0.15, 0.2) is 0 Å². The minimum absolute atomic E-state index is 0.0240. The number of ether oxygens (including phenoxy) is 1. The fraction of sp³-hybridized carbons (Fsp3) is 0.667. The first kappa shape index (κ1) is 20.1. The number of hydrogen-bond donors (Lipinski definition) is 2. The Labute approximate surface area is 126 Å². The van der Waals surface area contributed by atoms with Crippen molar-refractivity contribution in [2.24, 2.45) is 0 Å². The summed E-state index contributed by atoms with van der Waals surface area (Å²) >= 11 is 0. The zero-order chi connectivity index (χ0) is 16.8. The monoisotopic (exact) mass is 342 g/mol. The van der Waals surface area contributed by atoms with Gasteiger partial charge in [0.25, 0.3) is 20.2 Å². The van der Waals surface area contributed by atoms with Gasteiger partial charge in [0, 0.05) is 12.8 Å². The Morgan fingerprint density at radius 2 is 1.05 bits per heavy atom. The normalized spacial score (nSPS) is 11.9. The molecular weight excluding hydrogens is 320 g/mol. The highest BCUT2D eigenvalue weighted by Gasteiger charge is 2.14. The molecule has 0 aromatic heterocycles. The molecule has 0 atom stereocenters. The van der Waals surface area contributed by atoms with Crippen molar-refractivity contribution in [2.45, 2.75) is 40.5 Å². The number of rotatable bonds is 8. The van der Waals surface area contributed by atoms with Gasteiger partial charge in [-0.1, -0.05) is 0 Å². The van der Waals surface area contributed by atoms with E-state index in [1.54, 1.807) is 27.7 Å². The van der Waals surface area contributed by atoms with Crippen LogP contribution in [-0.4, -0.2) is 37.4 Å². The summed E-state index contributed by atoms with van der Waals surface area (Å²) in [6, 6.07) is 0. The molecule has 0 bridgehead atoms. The molecule has 7 nitrogen and oxygen atoms in total. The molecule has 21 heavy (non-hydrogen) atoms. The first-order chi connectivity index (χ1) is 9.32. The molecule has 124 valence electrons. The molecule has 0 aromatic rings. The van der Waals surface area contributed by atoms with Gasteiger partial charge >= 0.3 is 0 Å². The van der Waals surface area contributed by atoms with Gasteiger partial charge in [-0.2, -0.15) is 16.8 Å². The SMILES string of the molecule is CC(C)=C(CCS(=O)(=O)O)OC(CCS(=O)(=O)O)=C(C)C. The second kappa shape index (κ2) is 7.92. The summed E-state index contributed by atoms with van der Waals surface area (Å²) in [5, 5.41) is 0. The van der Waals surface area contributed by atoms with Crippen molar-refractivity contribution in [3.8, 4) is 0 Å². The van der Waals surface area contributed by atoms with Gasteiger partial charge in [-0.3, -0.25) is 9.11 Å². The van der Waals surface area contributed by atoms with Crippen molar-refractivity contribution in [3.05, 3.63) is 22.7 Å². The van der Waals surface area contributed by atoms with E-state index in [2.05, 4.69) is 0 Å². The van der Waals surface area contributed by atoms with Gasteiger partial charge in [-0.15, -0.1) is 0 Å². The van der Waals surface area contributed by atoms with Crippen LogP contribution in [0.4, 0.5) is 0 Å². The number of allylic oxidation sites excluding steroid dienone is 4. The Morgan fingerprint density at radius 1 is 0.762 bits per heavy atom. The van der Waals surface area contributed by atoms with E-state index in [1.165, 1.54) is 0 Å². The Morgan fingerprint density at radius 3 is 1.24 bits per heavy atom. The summed E-state index contributed by atoms with van der Waals surface area (Å²) in [5.74, 6) is -0.276. The molecular formula is C12H22O7S2. The van der Waals surface area contributed by atoms with E-state index in [1.807, 2.05) is 0 Å². The molecule has 0 saturated carbocycles. The maximum absolute atomic E-state index is 10.8. The quantitative estimate of drug-likeness (QED) is 0.512. The molecule has 0 amide bonds. The van der Waals surface area contributed by atoms with Crippen molar-refractivity contribution >= 4 is 20.2 Å². The fourth-order valence-corrected chi connectivity index (χ4v) is 2.28. The molecule has 0 heterocycles. The smallest absolute Gasteiger partial charge is 0.265 e. The molecule has 0 aliphatic rings. The molecule has 0 spiro atoms. The highest BCUT2D eigenvalue weighted by Crippen LogP contribution is 2.21. The van der Waals surface area contributed by atoms with Crippen LogP contribution in [0.15, 0.2) is 22.7 Å². The van der Waals surface area contributed by atoms with E-state index in [4.69, 9.17) is 13.8 Å². The maximum atomic E-state index is 10.8. The topological polar surface area (TPSA) is 118 Å². The molecule has 0 radical (unpaired) electrons. The summed E-state index contributed by atoms with van der Waals surface area (Å²) in [7, 11) is -8.22. The van der Waals surface area contributed by atoms with Crippen LogP contribution in [0, 0.1) is 0 Å². The third-order valence-corrected chi connectivity index (χ3v) is 3.98. The van der Waals surface area contributed by atoms with Crippen LogP contribution in [0.3, 0.4) is 0 Å². The minimum atomic E-state index is -4.11. The van der Waals surface area contributed by atoms with Crippen molar-refractivity contribution < 1.29 is 30.7 Å².